The van der Waals surface area contributed by atoms with E-state index in [-0.39, 0.29) is 23.7 Å². The molecule has 5 rings (SSSR count). The van der Waals surface area contributed by atoms with Crippen LogP contribution in [0.25, 0.3) is 0 Å². The largest absolute Gasteiger partial charge is 0.492 e. The summed E-state index contributed by atoms with van der Waals surface area (Å²) in [6, 6.07) is 12.5. The van der Waals surface area contributed by atoms with Crippen molar-refractivity contribution < 1.29 is 14.6 Å². The van der Waals surface area contributed by atoms with E-state index in [1.807, 2.05) is 18.2 Å². The van der Waals surface area contributed by atoms with Gasteiger partial charge in [-0.15, -0.1) is 12.4 Å². The molecule has 0 amide bonds. The lowest BCUT2D eigenvalue weighted by Crippen LogP contribution is -2.45. The zero-order valence-electron chi connectivity index (χ0n) is 18.0. The fourth-order valence-electron chi connectivity index (χ4n) is 5.41. The van der Waals surface area contributed by atoms with Crippen LogP contribution in [0, 0.1) is 5.92 Å². The number of nitrogens with zero attached hydrogens (tertiary/aromatic N) is 1. The molecule has 1 aliphatic carbocycles. The van der Waals surface area contributed by atoms with Crippen molar-refractivity contribution in [2.75, 3.05) is 26.2 Å². The van der Waals surface area contributed by atoms with Crippen LogP contribution < -0.4 is 4.74 Å². The summed E-state index contributed by atoms with van der Waals surface area (Å²) in [5, 5.41) is 10.7. The molecular weight excluding hydrogens is 469 g/mol. The maximum atomic E-state index is 11.2. The molecule has 2 fully saturated rings. The quantitative estimate of drug-likeness (QED) is 0.541. The summed E-state index contributed by atoms with van der Waals surface area (Å²) >= 11 is 12.8. The van der Waals surface area contributed by atoms with Gasteiger partial charge in [0.15, 0.2) is 0 Å². The Labute approximate surface area is 205 Å². The first-order valence-corrected chi connectivity index (χ1v) is 11.8. The van der Waals surface area contributed by atoms with Crippen LogP contribution in [0.1, 0.15) is 54.7 Å². The number of hydrogen-bond acceptors (Lipinski definition) is 3. The van der Waals surface area contributed by atoms with Gasteiger partial charge in [0.2, 0.25) is 0 Å². The number of hydrogen-bond donors (Lipinski definition) is 1. The molecule has 2 heterocycles. The molecular formula is C25H28Cl3NO3. The molecule has 32 heavy (non-hydrogen) atoms. The highest BCUT2D eigenvalue weighted by Gasteiger charge is 2.46. The topological polar surface area (TPSA) is 49.8 Å². The Bertz CT molecular complexity index is 999. The Morgan fingerprint density at radius 1 is 1.19 bits per heavy atom. The molecule has 3 atom stereocenters. The normalized spacial score (nSPS) is 24.3. The number of likely N-dealkylation sites (tertiary alicyclic amines) is 1. The standard InChI is InChI=1S/C25H27Cl2NO3.ClH/c1-15(24(29)30)13-28-9-7-25(8-10-28)14-31-22-11-16(5-6-19(22)25)17-12-18(17)23-20(26)3-2-4-21(23)27;/h2-6,11,15,17-18H,7-10,12-14H2,1H3,(H,29,30);1H. The maximum absolute atomic E-state index is 11.2. The summed E-state index contributed by atoms with van der Waals surface area (Å²) in [6.45, 7) is 4.95. The highest BCUT2D eigenvalue weighted by molar-refractivity contribution is 6.36. The second-order valence-corrected chi connectivity index (χ2v) is 10.3. The third-order valence-corrected chi connectivity index (χ3v) is 8.10. The first-order valence-electron chi connectivity index (χ1n) is 11.0. The number of carbonyl (C=O) groups is 1. The van der Waals surface area contributed by atoms with E-state index < -0.39 is 5.97 Å². The van der Waals surface area contributed by atoms with Gasteiger partial charge in [-0.3, -0.25) is 4.79 Å². The maximum Gasteiger partial charge on any atom is 0.307 e. The van der Waals surface area contributed by atoms with Crippen molar-refractivity contribution in [1.82, 2.24) is 4.90 Å². The number of rotatable bonds is 5. The molecule has 0 radical (unpaired) electrons. The Morgan fingerprint density at radius 2 is 1.88 bits per heavy atom. The van der Waals surface area contributed by atoms with Gasteiger partial charge in [0.05, 0.1) is 12.5 Å². The average molecular weight is 497 g/mol. The SMILES string of the molecule is CC(CN1CCC2(CC1)COc1cc(C3CC3c3c(Cl)cccc3Cl)ccc12)C(=O)O.Cl. The predicted molar refractivity (Wildman–Crippen MR) is 130 cm³/mol. The van der Waals surface area contributed by atoms with Gasteiger partial charge in [-0.2, -0.15) is 0 Å². The van der Waals surface area contributed by atoms with E-state index in [0.29, 0.717) is 18.4 Å². The third kappa shape index (κ3) is 4.23. The van der Waals surface area contributed by atoms with Crippen molar-refractivity contribution >= 4 is 41.6 Å². The minimum atomic E-state index is -0.723. The van der Waals surface area contributed by atoms with Gasteiger partial charge in [0, 0.05) is 27.6 Å². The molecule has 2 aromatic carbocycles. The summed E-state index contributed by atoms with van der Waals surface area (Å²) in [4.78, 5) is 13.4. The van der Waals surface area contributed by atoms with Gasteiger partial charge in [0.1, 0.15) is 5.75 Å². The Hall–Kier alpha value is -1.46. The fourth-order valence-corrected chi connectivity index (χ4v) is 6.09. The molecule has 1 spiro atoms. The molecule has 2 aromatic rings. The van der Waals surface area contributed by atoms with Gasteiger partial charge in [-0.1, -0.05) is 48.3 Å². The average Bonchev–Trinajstić information content (AvgIpc) is 3.46. The summed E-state index contributed by atoms with van der Waals surface area (Å²) in [5.74, 6) is 0.762. The molecule has 1 N–H and O–H groups in total. The molecule has 1 saturated heterocycles. The van der Waals surface area contributed by atoms with Crippen molar-refractivity contribution in [3.63, 3.8) is 0 Å². The number of halogens is 3. The summed E-state index contributed by atoms with van der Waals surface area (Å²) in [7, 11) is 0. The fraction of sp³-hybridized carbons (Fsp3) is 0.480. The number of benzene rings is 2. The molecule has 172 valence electrons. The van der Waals surface area contributed by atoms with Crippen LogP contribution in [0.3, 0.4) is 0 Å². The molecule has 1 saturated carbocycles. The van der Waals surface area contributed by atoms with E-state index in [9.17, 15) is 9.90 Å². The monoisotopic (exact) mass is 495 g/mol. The molecule has 3 unspecified atom stereocenters. The van der Waals surface area contributed by atoms with Crippen LogP contribution in [0.5, 0.6) is 5.75 Å². The third-order valence-electron chi connectivity index (χ3n) is 7.44. The van der Waals surface area contributed by atoms with Crippen molar-refractivity contribution in [2.45, 2.75) is 43.4 Å². The Morgan fingerprint density at radius 3 is 2.53 bits per heavy atom. The van der Waals surface area contributed by atoms with E-state index >= 15 is 0 Å². The number of carboxylic acid groups (broad SMARTS) is 1. The lowest BCUT2D eigenvalue weighted by molar-refractivity contribution is -0.141. The van der Waals surface area contributed by atoms with Crippen LogP contribution in [0.2, 0.25) is 10.0 Å². The van der Waals surface area contributed by atoms with Crippen LogP contribution in [0.4, 0.5) is 0 Å². The van der Waals surface area contributed by atoms with E-state index in [4.69, 9.17) is 27.9 Å². The second kappa shape index (κ2) is 9.06. The lowest BCUT2D eigenvalue weighted by Gasteiger charge is -2.39. The molecule has 2 aliphatic heterocycles. The first kappa shape index (κ1) is 23.7. The van der Waals surface area contributed by atoms with Gasteiger partial charge in [-0.05, 0) is 73.5 Å². The highest BCUT2D eigenvalue weighted by atomic mass is 35.5. The number of fused-ring (bicyclic) bond motifs is 2. The Balaban J connectivity index is 0.00000245. The number of carboxylic acids is 1. The smallest absolute Gasteiger partial charge is 0.307 e. The Kier molecular flexibility index (Phi) is 6.71. The highest BCUT2D eigenvalue weighted by Crippen LogP contribution is 2.59. The minimum Gasteiger partial charge on any atom is -0.492 e. The van der Waals surface area contributed by atoms with Crippen molar-refractivity contribution in [1.29, 1.82) is 0 Å². The van der Waals surface area contributed by atoms with Gasteiger partial charge in [-0.25, -0.2) is 0 Å². The van der Waals surface area contributed by atoms with Gasteiger partial charge in [0.25, 0.3) is 0 Å². The van der Waals surface area contributed by atoms with E-state index in [2.05, 4.69) is 23.1 Å². The van der Waals surface area contributed by atoms with Gasteiger partial charge < -0.3 is 14.7 Å². The van der Waals surface area contributed by atoms with Crippen LogP contribution in [0.15, 0.2) is 36.4 Å². The summed E-state index contributed by atoms with van der Waals surface area (Å²) in [5.41, 5.74) is 3.74. The summed E-state index contributed by atoms with van der Waals surface area (Å²) < 4.78 is 6.19. The summed E-state index contributed by atoms with van der Waals surface area (Å²) in [6.07, 6.45) is 3.07. The molecule has 4 nitrogen and oxygen atoms in total. The minimum absolute atomic E-state index is 0. The van der Waals surface area contributed by atoms with Crippen LogP contribution >= 0.6 is 35.6 Å². The predicted octanol–water partition coefficient (Wildman–Crippen LogP) is 6.13. The first-order chi connectivity index (χ1) is 14.9. The van der Waals surface area contributed by atoms with E-state index in [1.54, 1.807) is 6.92 Å². The second-order valence-electron chi connectivity index (χ2n) is 9.45. The van der Waals surface area contributed by atoms with Crippen molar-refractivity contribution in [3.05, 3.63) is 63.1 Å². The molecule has 7 heteroatoms. The zero-order valence-corrected chi connectivity index (χ0v) is 20.3. The number of ether oxygens (including phenoxy) is 1. The lowest BCUT2D eigenvalue weighted by atomic mass is 9.74. The van der Waals surface area contributed by atoms with E-state index in [1.165, 1.54) is 11.1 Å². The van der Waals surface area contributed by atoms with E-state index in [0.717, 1.165) is 60.3 Å². The molecule has 0 aromatic heterocycles. The van der Waals surface area contributed by atoms with Gasteiger partial charge >= 0.3 is 5.97 Å². The number of aliphatic carboxylic acids is 1. The van der Waals surface area contributed by atoms with Crippen molar-refractivity contribution in [3.8, 4) is 5.75 Å². The van der Waals surface area contributed by atoms with Crippen molar-refractivity contribution in [2.24, 2.45) is 5.92 Å². The zero-order chi connectivity index (χ0) is 21.8. The van der Waals surface area contributed by atoms with Crippen LogP contribution in [-0.2, 0) is 10.2 Å². The molecule has 0 bridgehead atoms. The van der Waals surface area contributed by atoms with Crippen LogP contribution in [-0.4, -0.2) is 42.2 Å². The number of piperidine rings is 1. The molecule has 3 aliphatic rings.